The van der Waals surface area contributed by atoms with Gasteiger partial charge in [0.15, 0.2) is 0 Å². The Bertz CT molecular complexity index is 645. The van der Waals surface area contributed by atoms with E-state index in [4.69, 9.17) is 51.1 Å². The third-order valence-electron chi connectivity index (χ3n) is 2.78. The highest BCUT2D eigenvalue weighted by Gasteiger charge is 2.17. The summed E-state index contributed by atoms with van der Waals surface area (Å²) >= 11 is 28.0. The Hall–Kier alpha value is -0.120. The molecule has 0 heterocycles. The van der Waals surface area contributed by atoms with E-state index in [2.05, 4.69) is 15.9 Å². The normalized spacial score (nSPS) is 12.3. The fourth-order valence-electron chi connectivity index (χ4n) is 1.74. The van der Waals surface area contributed by atoms with Crippen LogP contribution in [0.2, 0.25) is 20.1 Å². The highest BCUT2D eigenvalue weighted by Crippen LogP contribution is 2.41. The van der Waals surface area contributed by atoms with Gasteiger partial charge in [-0.3, -0.25) is 0 Å². The largest absolute Gasteiger partial charge is 0.495 e. The first-order valence-electron chi connectivity index (χ1n) is 5.56. The topological polar surface area (TPSA) is 9.23 Å². The van der Waals surface area contributed by atoms with Gasteiger partial charge in [0.05, 0.1) is 27.0 Å². The van der Waals surface area contributed by atoms with Crippen LogP contribution in [0.25, 0.3) is 0 Å². The minimum absolute atomic E-state index is 0.145. The van der Waals surface area contributed by atoms with E-state index in [1.165, 1.54) is 0 Å². The van der Waals surface area contributed by atoms with E-state index in [0.717, 1.165) is 11.1 Å². The lowest BCUT2D eigenvalue weighted by Gasteiger charge is -2.15. The molecule has 0 saturated carbocycles. The molecule has 1 unspecified atom stereocenters. The van der Waals surface area contributed by atoms with Crippen molar-refractivity contribution in [1.29, 1.82) is 0 Å². The maximum absolute atomic E-state index is 6.27. The molecule has 20 heavy (non-hydrogen) atoms. The summed E-state index contributed by atoms with van der Waals surface area (Å²) in [5, 5.41) is 2.05. The molecule has 0 fully saturated rings. The summed E-state index contributed by atoms with van der Waals surface area (Å²) in [6, 6.07) is 8.86. The molecule has 0 amide bonds. The number of hydrogen-bond acceptors (Lipinski definition) is 1. The van der Waals surface area contributed by atoms with E-state index < -0.39 is 0 Å². The fraction of sp³-hybridized carbons (Fsp3) is 0.143. The number of rotatable bonds is 3. The van der Waals surface area contributed by atoms with Crippen molar-refractivity contribution >= 4 is 62.3 Å². The third kappa shape index (κ3) is 3.37. The molecule has 6 heteroatoms. The Morgan fingerprint density at radius 2 is 1.60 bits per heavy atom. The Labute approximate surface area is 145 Å². The first-order valence-corrected chi connectivity index (χ1v) is 7.98. The van der Waals surface area contributed by atoms with Gasteiger partial charge in [-0.2, -0.15) is 0 Å². The zero-order valence-electron chi connectivity index (χ0n) is 10.3. The van der Waals surface area contributed by atoms with Gasteiger partial charge in [0.2, 0.25) is 0 Å². The van der Waals surface area contributed by atoms with Gasteiger partial charge in [0.25, 0.3) is 0 Å². The summed E-state index contributed by atoms with van der Waals surface area (Å²) in [6.45, 7) is 0. The van der Waals surface area contributed by atoms with Crippen LogP contribution in [0.4, 0.5) is 0 Å². The van der Waals surface area contributed by atoms with Crippen molar-refractivity contribution in [2.45, 2.75) is 4.83 Å². The smallest absolute Gasteiger partial charge is 0.138 e. The molecule has 1 nitrogen and oxygen atoms in total. The highest BCUT2D eigenvalue weighted by molar-refractivity contribution is 9.09. The van der Waals surface area contributed by atoms with Crippen molar-refractivity contribution in [3.05, 3.63) is 61.5 Å². The molecule has 0 N–H and O–H groups in total. The minimum Gasteiger partial charge on any atom is -0.495 e. The second-order valence-electron chi connectivity index (χ2n) is 4.04. The van der Waals surface area contributed by atoms with E-state index in [9.17, 15) is 0 Å². The molecule has 0 aliphatic carbocycles. The van der Waals surface area contributed by atoms with Crippen molar-refractivity contribution in [2.24, 2.45) is 0 Å². The van der Waals surface area contributed by atoms with Gasteiger partial charge >= 0.3 is 0 Å². The molecule has 0 spiro atoms. The van der Waals surface area contributed by atoms with Gasteiger partial charge in [-0.05, 0) is 29.3 Å². The predicted octanol–water partition coefficient (Wildman–Crippen LogP) is 6.79. The third-order valence-corrected chi connectivity index (χ3v) is 5.16. The second-order valence-corrected chi connectivity index (χ2v) is 6.59. The molecule has 106 valence electrons. The molecule has 0 radical (unpaired) electrons. The lowest BCUT2D eigenvalue weighted by Crippen LogP contribution is -1.96. The number of ether oxygens (including phenoxy) is 1. The van der Waals surface area contributed by atoms with Crippen molar-refractivity contribution in [2.75, 3.05) is 7.11 Å². The predicted molar refractivity (Wildman–Crippen MR) is 90.2 cm³/mol. The summed E-state index contributed by atoms with van der Waals surface area (Å²) in [6.07, 6.45) is 0. The maximum atomic E-state index is 6.27. The van der Waals surface area contributed by atoms with Crippen LogP contribution in [-0.2, 0) is 0 Å². The van der Waals surface area contributed by atoms with E-state index in [0.29, 0.717) is 25.8 Å². The van der Waals surface area contributed by atoms with Crippen LogP contribution < -0.4 is 4.74 Å². The Kier molecular flexibility index (Phi) is 5.49. The number of hydrogen-bond donors (Lipinski definition) is 0. The summed E-state index contributed by atoms with van der Waals surface area (Å²) in [5.41, 5.74) is 1.76. The molecule has 0 saturated heterocycles. The Balaban J connectivity index is 2.45. The first-order chi connectivity index (χ1) is 9.43. The first kappa shape index (κ1) is 16.3. The monoisotopic (exact) mass is 412 g/mol. The second kappa shape index (κ2) is 6.76. The number of benzene rings is 2. The lowest BCUT2D eigenvalue weighted by molar-refractivity contribution is 0.415. The molecule has 0 aliphatic rings. The average molecular weight is 415 g/mol. The van der Waals surface area contributed by atoms with Crippen molar-refractivity contribution in [3.8, 4) is 5.75 Å². The van der Waals surface area contributed by atoms with Gasteiger partial charge in [-0.1, -0.05) is 68.4 Å². The van der Waals surface area contributed by atoms with Crippen molar-refractivity contribution in [1.82, 2.24) is 0 Å². The molecular weight excluding hydrogens is 406 g/mol. The summed E-state index contributed by atoms with van der Waals surface area (Å²) < 4.78 is 5.13. The number of alkyl halides is 1. The van der Waals surface area contributed by atoms with Crippen molar-refractivity contribution in [3.63, 3.8) is 0 Å². The van der Waals surface area contributed by atoms with E-state index in [1.54, 1.807) is 31.4 Å². The zero-order chi connectivity index (χ0) is 14.9. The standard InChI is InChI=1S/C14H9BrCl4O/c1-20-13-6-10(17)8(5-12(13)19)14(15)7-2-3-9(16)11(18)4-7/h2-6,14H,1H3. The zero-order valence-corrected chi connectivity index (χ0v) is 14.9. The summed E-state index contributed by atoms with van der Waals surface area (Å²) in [5.74, 6) is 0.536. The van der Waals surface area contributed by atoms with E-state index in [1.807, 2.05) is 6.07 Å². The van der Waals surface area contributed by atoms with Crippen LogP contribution in [0.3, 0.4) is 0 Å². The Morgan fingerprint density at radius 3 is 2.20 bits per heavy atom. The quantitative estimate of drug-likeness (QED) is 0.502. The van der Waals surface area contributed by atoms with Crippen molar-refractivity contribution < 1.29 is 4.74 Å². The van der Waals surface area contributed by atoms with Gasteiger partial charge < -0.3 is 4.74 Å². The lowest BCUT2D eigenvalue weighted by atomic mass is 10.0. The molecular formula is C14H9BrCl4O. The maximum Gasteiger partial charge on any atom is 0.138 e. The molecule has 2 aromatic carbocycles. The average Bonchev–Trinajstić information content (AvgIpc) is 2.43. The van der Waals surface area contributed by atoms with Gasteiger partial charge in [-0.15, -0.1) is 0 Å². The van der Waals surface area contributed by atoms with Crippen LogP contribution in [0.15, 0.2) is 30.3 Å². The summed E-state index contributed by atoms with van der Waals surface area (Å²) in [4.78, 5) is -0.145. The summed E-state index contributed by atoms with van der Waals surface area (Å²) in [7, 11) is 1.54. The van der Waals surface area contributed by atoms with Crippen LogP contribution in [0.1, 0.15) is 16.0 Å². The van der Waals surface area contributed by atoms with E-state index >= 15 is 0 Å². The van der Waals surface area contributed by atoms with Gasteiger partial charge in [0, 0.05) is 11.1 Å². The molecule has 2 aromatic rings. The SMILES string of the molecule is COc1cc(Cl)c(C(Br)c2ccc(Cl)c(Cl)c2)cc1Cl. The van der Waals surface area contributed by atoms with Crippen LogP contribution in [0.5, 0.6) is 5.75 Å². The van der Waals surface area contributed by atoms with Gasteiger partial charge in [0.1, 0.15) is 5.75 Å². The van der Waals surface area contributed by atoms with Gasteiger partial charge in [-0.25, -0.2) is 0 Å². The fourth-order valence-corrected chi connectivity index (χ4v) is 3.36. The molecule has 0 aromatic heterocycles. The van der Waals surface area contributed by atoms with E-state index in [-0.39, 0.29) is 4.83 Å². The number of halogens is 5. The molecule has 0 aliphatic heterocycles. The van der Waals surface area contributed by atoms with Crippen LogP contribution in [0, 0.1) is 0 Å². The Morgan fingerprint density at radius 1 is 0.900 bits per heavy atom. The molecule has 1 atom stereocenters. The molecule has 2 rings (SSSR count). The number of methoxy groups -OCH3 is 1. The minimum atomic E-state index is -0.145. The van der Waals surface area contributed by atoms with Crippen LogP contribution in [-0.4, -0.2) is 7.11 Å². The highest BCUT2D eigenvalue weighted by atomic mass is 79.9. The van der Waals surface area contributed by atoms with Crippen LogP contribution >= 0.6 is 62.3 Å². The molecule has 0 bridgehead atoms.